The molecule has 1 saturated heterocycles. The van der Waals surface area contributed by atoms with Gasteiger partial charge in [0.25, 0.3) is 0 Å². The lowest BCUT2D eigenvalue weighted by atomic mass is 10.1. The van der Waals surface area contributed by atoms with E-state index in [1.807, 2.05) is 77.1 Å². The van der Waals surface area contributed by atoms with Crippen molar-refractivity contribution in [1.82, 2.24) is 5.32 Å². The van der Waals surface area contributed by atoms with Crippen LogP contribution in [0.15, 0.2) is 74.3 Å². The summed E-state index contributed by atoms with van der Waals surface area (Å²) in [7, 11) is 0. The van der Waals surface area contributed by atoms with E-state index in [0.29, 0.717) is 10.7 Å². The lowest BCUT2D eigenvalue weighted by Crippen LogP contribution is -2.06. The van der Waals surface area contributed by atoms with Gasteiger partial charge in [0, 0.05) is 16.3 Å². The van der Waals surface area contributed by atoms with Crippen LogP contribution in [0, 0.1) is 18.8 Å². The van der Waals surface area contributed by atoms with E-state index in [4.69, 9.17) is 17.3 Å². The number of nitrogen functional groups attached to an aromatic ring is 1. The number of nitrogens with one attached hydrogen (secondary N) is 1. The van der Waals surface area contributed by atoms with Gasteiger partial charge < -0.3 is 11.1 Å². The van der Waals surface area contributed by atoms with Crippen LogP contribution in [0.1, 0.15) is 84.4 Å². The maximum absolute atomic E-state index is 6.00. The molecule has 1 unspecified atom stereocenters. The summed E-state index contributed by atoms with van der Waals surface area (Å²) in [6.45, 7) is 28.7. The van der Waals surface area contributed by atoms with E-state index in [9.17, 15) is 0 Å². The van der Waals surface area contributed by atoms with Gasteiger partial charge in [-0.2, -0.15) is 0 Å². The summed E-state index contributed by atoms with van der Waals surface area (Å²) in [5.74, 6) is 2.02. The van der Waals surface area contributed by atoms with E-state index in [2.05, 4.69) is 58.0 Å². The molecule has 1 aliphatic heterocycles. The first kappa shape index (κ1) is 38.2. The number of halogens is 1. The third-order valence-electron chi connectivity index (χ3n) is 4.92. The number of hydrogen-bond donors (Lipinski definition) is 2. The number of allylic oxidation sites excluding steroid dienone is 1. The summed E-state index contributed by atoms with van der Waals surface area (Å²) in [5.41, 5.74) is 9.61. The zero-order valence-corrected chi connectivity index (χ0v) is 25.3. The van der Waals surface area contributed by atoms with Crippen molar-refractivity contribution in [2.24, 2.45) is 11.8 Å². The topological polar surface area (TPSA) is 38.0 Å². The normalized spacial score (nSPS) is 14.9. The zero-order chi connectivity index (χ0) is 28.4. The summed E-state index contributed by atoms with van der Waals surface area (Å²) in [6.07, 6.45) is 7.95. The molecule has 3 N–H and O–H groups in total. The highest BCUT2D eigenvalue weighted by Crippen LogP contribution is 2.27. The largest absolute Gasteiger partial charge is 0.399 e. The number of anilines is 1. The Balaban J connectivity index is -0.000000403. The first-order valence-electron chi connectivity index (χ1n) is 13.4. The van der Waals surface area contributed by atoms with E-state index < -0.39 is 0 Å². The average molecular weight is 515 g/mol. The van der Waals surface area contributed by atoms with E-state index in [1.54, 1.807) is 6.08 Å². The quantitative estimate of drug-likeness (QED) is 0.309. The monoisotopic (exact) mass is 514 g/mol. The predicted molar refractivity (Wildman–Crippen MR) is 171 cm³/mol. The minimum atomic E-state index is 0.696. The van der Waals surface area contributed by atoms with Crippen molar-refractivity contribution in [2.75, 3.05) is 18.8 Å². The lowest BCUT2D eigenvalue weighted by Gasteiger charge is -2.05. The maximum atomic E-state index is 6.00. The Kier molecular flexibility index (Phi) is 29.0. The molecule has 2 aliphatic rings. The number of nitrogens with two attached hydrogens (primary N) is 1. The van der Waals surface area contributed by atoms with Crippen molar-refractivity contribution in [2.45, 2.75) is 74.7 Å². The Morgan fingerprint density at radius 3 is 1.75 bits per heavy atom. The Morgan fingerprint density at radius 1 is 0.944 bits per heavy atom. The van der Waals surface area contributed by atoms with Crippen molar-refractivity contribution >= 4 is 28.4 Å². The molecule has 204 valence electrons. The van der Waals surface area contributed by atoms with E-state index >= 15 is 0 Å². The standard InChI is InChI=1S/C11H12ClN.C7H8.C5H11N.C4H8.2C2H6.C2H4/c1-3-8-5-6-9(13)7-10(8)11(12)4-2;1-7-5-3-2-4-6-7;1-5-2-3-6-4-5;1-4-2-3-4;3*1-2/h3-7H,1,13H2,2H3;2-6H,1H3;5-6H,2-4H2,1H3;4H,2-3H2,1H3;2*1-2H3;1-2H2/b11-4+;;;;;;. The Hall–Kier alpha value is -2.29. The van der Waals surface area contributed by atoms with E-state index in [0.717, 1.165) is 23.0 Å². The van der Waals surface area contributed by atoms with Crippen LogP contribution in [0.2, 0.25) is 0 Å². The molecule has 2 aromatic carbocycles. The molecule has 0 aromatic heterocycles. The van der Waals surface area contributed by atoms with Gasteiger partial charge in [-0.15, -0.1) is 13.2 Å². The van der Waals surface area contributed by atoms with Gasteiger partial charge in [0.1, 0.15) is 0 Å². The highest BCUT2D eigenvalue weighted by atomic mass is 35.5. The van der Waals surface area contributed by atoms with E-state index in [1.165, 1.54) is 37.9 Å². The molecular weight excluding hydrogens is 460 g/mol. The molecule has 0 amide bonds. The molecule has 1 atom stereocenters. The van der Waals surface area contributed by atoms with Gasteiger partial charge in [-0.1, -0.05) is 127 Å². The van der Waals surface area contributed by atoms with Crippen LogP contribution >= 0.6 is 11.6 Å². The van der Waals surface area contributed by atoms with Crippen LogP contribution in [0.5, 0.6) is 0 Å². The molecule has 3 heteroatoms. The molecule has 1 heterocycles. The minimum absolute atomic E-state index is 0.696. The van der Waals surface area contributed by atoms with Gasteiger partial charge in [-0.05, 0) is 62.9 Å². The third-order valence-corrected chi connectivity index (χ3v) is 5.34. The second-order valence-electron chi connectivity index (χ2n) is 8.12. The highest BCUT2D eigenvalue weighted by molar-refractivity contribution is 6.49. The summed E-state index contributed by atoms with van der Waals surface area (Å²) < 4.78 is 0. The van der Waals surface area contributed by atoms with Crippen LogP contribution in [-0.2, 0) is 0 Å². The Labute approximate surface area is 229 Å². The first-order valence-corrected chi connectivity index (χ1v) is 13.8. The number of aryl methyl sites for hydroxylation is 1. The van der Waals surface area contributed by atoms with Crippen LogP contribution in [0.3, 0.4) is 0 Å². The molecule has 0 bridgehead atoms. The zero-order valence-electron chi connectivity index (χ0n) is 24.5. The van der Waals surface area contributed by atoms with Gasteiger partial charge in [-0.25, -0.2) is 0 Å². The van der Waals surface area contributed by atoms with Crippen LogP contribution in [0.4, 0.5) is 5.69 Å². The molecule has 0 spiro atoms. The van der Waals surface area contributed by atoms with Crippen LogP contribution in [0.25, 0.3) is 11.1 Å². The molecule has 2 aromatic rings. The fourth-order valence-corrected chi connectivity index (χ4v) is 2.78. The number of benzene rings is 2. The second-order valence-corrected chi connectivity index (χ2v) is 8.53. The summed E-state index contributed by atoms with van der Waals surface area (Å²) in [4.78, 5) is 0. The van der Waals surface area contributed by atoms with Gasteiger partial charge in [-0.3, -0.25) is 0 Å². The molecule has 36 heavy (non-hydrogen) atoms. The Morgan fingerprint density at radius 2 is 1.47 bits per heavy atom. The fourth-order valence-electron chi connectivity index (χ4n) is 2.61. The molecular formula is C33H55ClN2. The SMILES string of the molecule is C=C.C=Cc1ccc(N)cc1/C(Cl)=C\C.CC.CC.CC1CC1.CC1CCNC1.Cc1ccccc1. The average Bonchev–Trinajstić information content (AvgIpc) is 3.57. The van der Waals surface area contributed by atoms with Crippen LogP contribution in [-0.4, -0.2) is 13.1 Å². The highest BCUT2D eigenvalue weighted by Gasteiger charge is 2.12. The summed E-state index contributed by atoms with van der Waals surface area (Å²) in [5, 5.41) is 3.97. The summed E-state index contributed by atoms with van der Waals surface area (Å²) >= 11 is 6.00. The van der Waals surface area contributed by atoms with Gasteiger partial charge in [0.05, 0.1) is 0 Å². The third kappa shape index (κ3) is 22.2. The minimum Gasteiger partial charge on any atom is -0.399 e. The summed E-state index contributed by atoms with van der Waals surface area (Å²) in [6, 6.07) is 15.8. The van der Waals surface area contributed by atoms with Gasteiger partial charge in [0.15, 0.2) is 0 Å². The fraction of sp³-hybridized carbons (Fsp3) is 0.455. The van der Waals surface area contributed by atoms with Gasteiger partial charge >= 0.3 is 0 Å². The molecule has 1 saturated carbocycles. The molecule has 1 aliphatic carbocycles. The number of hydrogen-bond acceptors (Lipinski definition) is 2. The van der Waals surface area contributed by atoms with E-state index in [-0.39, 0.29) is 0 Å². The Bertz CT molecular complexity index is 774. The van der Waals surface area contributed by atoms with Gasteiger partial charge in [0.2, 0.25) is 0 Å². The molecule has 2 fully saturated rings. The second kappa shape index (κ2) is 27.3. The maximum Gasteiger partial charge on any atom is 0.0442 e. The van der Waals surface area contributed by atoms with Crippen molar-refractivity contribution in [3.05, 3.63) is 91.0 Å². The molecule has 2 nitrogen and oxygen atoms in total. The smallest absolute Gasteiger partial charge is 0.0442 e. The molecule has 4 rings (SSSR count). The number of rotatable bonds is 2. The lowest BCUT2D eigenvalue weighted by molar-refractivity contribution is 0.651. The predicted octanol–water partition coefficient (Wildman–Crippen LogP) is 10.4. The first-order chi connectivity index (χ1) is 17.4. The van der Waals surface area contributed by atoms with Crippen LogP contribution < -0.4 is 11.1 Å². The van der Waals surface area contributed by atoms with Crippen molar-refractivity contribution in [3.8, 4) is 0 Å². The molecule has 0 radical (unpaired) electrons. The van der Waals surface area contributed by atoms with Crippen molar-refractivity contribution in [1.29, 1.82) is 0 Å². The van der Waals surface area contributed by atoms with Crippen molar-refractivity contribution in [3.63, 3.8) is 0 Å². The van der Waals surface area contributed by atoms with Crippen molar-refractivity contribution < 1.29 is 0 Å².